The molecule has 1 aromatic heterocycles. The summed E-state index contributed by atoms with van der Waals surface area (Å²) in [5.41, 5.74) is -3.33. The van der Waals surface area contributed by atoms with E-state index in [1.165, 1.54) is 6.92 Å². The van der Waals surface area contributed by atoms with Gasteiger partial charge in [0.05, 0.1) is 10.5 Å². The standard InChI is InChI=1S/C11H14F3N3O3/c1-3-10(2,18)6-16-7-4-9(11(12,13)14)15-5-8(7)17(19)20/h4-5,18H,3,6H2,1-2H3,(H,15,16). The zero-order valence-corrected chi connectivity index (χ0v) is 10.9. The zero-order chi connectivity index (χ0) is 15.6. The fourth-order valence-corrected chi connectivity index (χ4v) is 1.30. The van der Waals surface area contributed by atoms with Crippen molar-refractivity contribution in [3.63, 3.8) is 0 Å². The molecule has 0 spiro atoms. The molecule has 9 heteroatoms. The van der Waals surface area contributed by atoms with Crippen LogP contribution in [-0.2, 0) is 6.18 Å². The lowest BCUT2D eigenvalue weighted by Gasteiger charge is -2.22. The predicted octanol–water partition coefficient (Wildman–Crippen LogP) is 2.58. The van der Waals surface area contributed by atoms with E-state index in [4.69, 9.17) is 0 Å². The first-order valence-electron chi connectivity index (χ1n) is 5.74. The van der Waals surface area contributed by atoms with Crippen molar-refractivity contribution in [1.29, 1.82) is 0 Å². The molecule has 0 fully saturated rings. The number of hydrogen-bond acceptors (Lipinski definition) is 5. The van der Waals surface area contributed by atoms with E-state index in [1.807, 2.05) is 0 Å². The molecule has 0 bridgehead atoms. The second-order valence-corrected chi connectivity index (χ2v) is 4.55. The lowest BCUT2D eigenvalue weighted by Crippen LogP contribution is -2.32. The molecular weight excluding hydrogens is 279 g/mol. The van der Waals surface area contributed by atoms with Crippen molar-refractivity contribution >= 4 is 11.4 Å². The van der Waals surface area contributed by atoms with Gasteiger partial charge in [-0.05, 0) is 19.4 Å². The minimum absolute atomic E-state index is 0.119. The molecule has 6 nitrogen and oxygen atoms in total. The fourth-order valence-electron chi connectivity index (χ4n) is 1.30. The van der Waals surface area contributed by atoms with E-state index in [0.29, 0.717) is 18.7 Å². The number of rotatable bonds is 5. The van der Waals surface area contributed by atoms with Crippen molar-refractivity contribution in [2.75, 3.05) is 11.9 Å². The number of halogens is 3. The van der Waals surface area contributed by atoms with E-state index in [1.54, 1.807) is 6.92 Å². The largest absolute Gasteiger partial charge is 0.433 e. The Hall–Kier alpha value is -1.90. The number of aromatic nitrogens is 1. The van der Waals surface area contributed by atoms with Gasteiger partial charge in [0, 0.05) is 6.54 Å². The van der Waals surface area contributed by atoms with Crippen molar-refractivity contribution in [3.8, 4) is 0 Å². The summed E-state index contributed by atoms with van der Waals surface area (Å²) in [5, 5.41) is 23.0. The maximum absolute atomic E-state index is 12.5. The molecule has 1 atom stereocenters. The van der Waals surface area contributed by atoms with E-state index in [9.17, 15) is 28.4 Å². The Labute approximate surface area is 112 Å². The fraction of sp³-hybridized carbons (Fsp3) is 0.545. The van der Waals surface area contributed by atoms with Crippen molar-refractivity contribution in [2.24, 2.45) is 0 Å². The van der Waals surface area contributed by atoms with Gasteiger partial charge in [0.1, 0.15) is 17.6 Å². The second kappa shape index (κ2) is 5.61. The average molecular weight is 293 g/mol. The third-order valence-corrected chi connectivity index (χ3v) is 2.79. The Morgan fingerprint density at radius 2 is 2.10 bits per heavy atom. The van der Waals surface area contributed by atoms with E-state index in [-0.39, 0.29) is 12.2 Å². The smallest absolute Gasteiger partial charge is 0.388 e. The lowest BCUT2D eigenvalue weighted by atomic mass is 10.0. The molecule has 2 N–H and O–H groups in total. The maximum atomic E-state index is 12.5. The normalized spacial score (nSPS) is 14.7. The van der Waals surface area contributed by atoms with Gasteiger partial charge >= 0.3 is 11.9 Å². The lowest BCUT2D eigenvalue weighted by molar-refractivity contribution is -0.384. The quantitative estimate of drug-likeness (QED) is 0.643. The van der Waals surface area contributed by atoms with Crippen LogP contribution in [0, 0.1) is 10.1 Å². The topological polar surface area (TPSA) is 88.3 Å². The summed E-state index contributed by atoms with van der Waals surface area (Å²) in [4.78, 5) is 12.9. The number of aliphatic hydroxyl groups is 1. The molecule has 20 heavy (non-hydrogen) atoms. The van der Waals surface area contributed by atoms with Gasteiger partial charge in [-0.3, -0.25) is 10.1 Å². The van der Waals surface area contributed by atoms with Gasteiger partial charge in [-0.1, -0.05) is 6.92 Å². The van der Waals surface area contributed by atoms with Gasteiger partial charge in [-0.2, -0.15) is 13.2 Å². The molecule has 1 unspecified atom stereocenters. The molecule has 0 aliphatic rings. The van der Waals surface area contributed by atoms with Crippen molar-refractivity contribution in [3.05, 3.63) is 28.1 Å². The monoisotopic (exact) mass is 293 g/mol. The average Bonchev–Trinajstić information content (AvgIpc) is 2.35. The Balaban J connectivity index is 3.10. The summed E-state index contributed by atoms with van der Waals surface area (Å²) in [6.07, 6.45) is -3.81. The highest BCUT2D eigenvalue weighted by atomic mass is 19.4. The first kappa shape index (κ1) is 16.2. The number of nitrogens with one attached hydrogen (secondary N) is 1. The van der Waals surface area contributed by atoms with Crippen molar-refractivity contribution < 1.29 is 23.2 Å². The molecule has 1 heterocycles. The summed E-state index contributed by atoms with van der Waals surface area (Å²) in [6, 6.07) is 0.559. The van der Waals surface area contributed by atoms with Gasteiger partial charge in [-0.25, -0.2) is 4.98 Å². The predicted molar refractivity (Wildman–Crippen MR) is 65.3 cm³/mol. The number of hydrogen-bond donors (Lipinski definition) is 2. The molecule has 0 aromatic carbocycles. The summed E-state index contributed by atoms with van der Waals surface area (Å²) in [7, 11) is 0. The Morgan fingerprint density at radius 3 is 2.55 bits per heavy atom. The van der Waals surface area contributed by atoms with Crippen molar-refractivity contribution in [1.82, 2.24) is 4.98 Å². The summed E-state index contributed by atoms with van der Waals surface area (Å²) < 4.78 is 37.6. The van der Waals surface area contributed by atoms with Gasteiger partial charge in [0.25, 0.3) is 0 Å². The highest BCUT2D eigenvalue weighted by molar-refractivity contribution is 5.61. The van der Waals surface area contributed by atoms with Crippen molar-refractivity contribution in [2.45, 2.75) is 32.0 Å². The SMILES string of the molecule is CCC(C)(O)CNc1cc(C(F)(F)F)ncc1[N+](=O)[O-]. The van der Waals surface area contributed by atoms with Crippen LogP contribution in [0.2, 0.25) is 0 Å². The highest BCUT2D eigenvalue weighted by Gasteiger charge is 2.34. The van der Waals surface area contributed by atoms with E-state index in [0.717, 1.165) is 0 Å². The summed E-state index contributed by atoms with van der Waals surface area (Å²) in [5.74, 6) is 0. The maximum Gasteiger partial charge on any atom is 0.433 e. The molecule has 0 aliphatic carbocycles. The first-order valence-corrected chi connectivity index (χ1v) is 5.74. The molecule has 1 aromatic rings. The van der Waals surface area contributed by atoms with Gasteiger partial charge in [0.2, 0.25) is 0 Å². The number of anilines is 1. The van der Waals surface area contributed by atoms with E-state index in [2.05, 4.69) is 10.3 Å². The number of pyridine rings is 1. The van der Waals surface area contributed by atoms with Crippen LogP contribution < -0.4 is 5.32 Å². The van der Waals surface area contributed by atoms with E-state index < -0.39 is 28.1 Å². The minimum Gasteiger partial charge on any atom is -0.388 e. The zero-order valence-electron chi connectivity index (χ0n) is 10.9. The molecule has 0 saturated heterocycles. The minimum atomic E-state index is -4.70. The molecular formula is C11H14F3N3O3. The molecule has 0 aliphatic heterocycles. The second-order valence-electron chi connectivity index (χ2n) is 4.55. The van der Waals surface area contributed by atoms with E-state index >= 15 is 0 Å². The number of alkyl halides is 3. The Bertz CT molecular complexity index is 503. The molecule has 0 radical (unpaired) electrons. The third kappa shape index (κ3) is 4.05. The molecule has 0 saturated carbocycles. The van der Waals surface area contributed by atoms with Gasteiger partial charge in [0.15, 0.2) is 0 Å². The summed E-state index contributed by atoms with van der Waals surface area (Å²) >= 11 is 0. The molecule has 1 rings (SSSR count). The molecule has 0 amide bonds. The first-order chi connectivity index (χ1) is 9.07. The number of nitro groups is 1. The van der Waals surface area contributed by atoms with Crippen LogP contribution in [0.15, 0.2) is 12.3 Å². The highest BCUT2D eigenvalue weighted by Crippen LogP contribution is 2.33. The third-order valence-electron chi connectivity index (χ3n) is 2.79. The van der Waals surface area contributed by atoms with Crippen LogP contribution in [0.5, 0.6) is 0 Å². The van der Waals surface area contributed by atoms with Gasteiger partial charge < -0.3 is 10.4 Å². The summed E-state index contributed by atoms with van der Waals surface area (Å²) in [6.45, 7) is 3.03. The van der Waals surface area contributed by atoms with Crippen LogP contribution in [0.1, 0.15) is 26.0 Å². The Kier molecular flexibility index (Phi) is 4.53. The Morgan fingerprint density at radius 1 is 1.50 bits per heavy atom. The van der Waals surface area contributed by atoms with Crippen LogP contribution in [-0.4, -0.2) is 27.2 Å². The van der Waals surface area contributed by atoms with Crippen LogP contribution in [0.25, 0.3) is 0 Å². The van der Waals surface area contributed by atoms with Crippen LogP contribution >= 0.6 is 0 Å². The van der Waals surface area contributed by atoms with Gasteiger partial charge in [-0.15, -0.1) is 0 Å². The molecule has 112 valence electrons. The van der Waals surface area contributed by atoms with Crippen LogP contribution in [0.4, 0.5) is 24.5 Å². The van der Waals surface area contributed by atoms with Crippen LogP contribution in [0.3, 0.4) is 0 Å². The number of nitrogens with zero attached hydrogens (tertiary/aromatic N) is 2.